The molecule has 0 aliphatic rings. The van der Waals surface area contributed by atoms with Crippen LogP contribution >= 0.6 is 0 Å². The Labute approximate surface area is 81.1 Å². The average molecular weight is 190 g/mol. The van der Waals surface area contributed by atoms with Gasteiger partial charge in [-0.15, -0.1) is 5.10 Å². The van der Waals surface area contributed by atoms with Gasteiger partial charge in [-0.2, -0.15) is 0 Å². The first-order valence-electron chi connectivity index (χ1n) is 4.18. The minimum absolute atomic E-state index is 0.294. The number of nitrogens with two attached hydrogens (primary N) is 1. The van der Waals surface area contributed by atoms with Gasteiger partial charge in [0.25, 0.3) is 0 Å². The first kappa shape index (κ1) is 8.86. The molecule has 5 nitrogen and oxygen atoms in total. The van der Waals surface area contributed by atoms with Crippen LogP contribution in [0.3, 0.4) is 0 Å². The molecular formula is C9H10N4O. The zero-order chi connectivity index (χ0) is 9.80. The third-order valence-corrected chi connectivity index (χ3v) is 1.85. The number of hydrogen-bond acceptors (Lipinski definition) is 4. The molecule has 0 aliphatic heterocycles. The van der Waals surface area contributed by atoms with E-state index in [9.17, 15) is 0 Å². The molecule has 0 atom stereocenters. The lowest BCUT2D eigenvalue weighted by atomic mass is 10.3. The summed E-state index contributed by atoms with van der Waals surface area (Å²) in [6.07, 6.45) is 1.62. The number of aromatic nitrogens is 3. The van der Waals surface area contributed by atoms with Gasteiger partial charge in [-0.3, -0.25) is 4.84 Å². The Balaban J connectivity index is 2.37. The molecular weight excluding hydrogens is 180 g/mol. The lowest BCUT2D eigenvalue weighted by Crippen LogP contribution is -2.06. The topological polar surface area (TPSA) is 66.0 Å². The van der Waals surface area contributed by atoms with Gasteiger partial charge in [-0.05, 0) is 12.1 Å². The van der Waals surface area contributed by atoms with Crippen molar-refractivity contribution < 1.29 is 4.84 Å². The van der Waals surface area contributed by atoms with Crippen LogP contribution in [0.2, 0.25) is 0 Å². The van der Waals surface area contributed by atoms with E-state index in [0.717, 1.165) is 11.4 Å². The highest BCUT2D eigenvalue weighted by Gasteiger charge is 2.04. The lowest BCUT2D eigenvalue weighted by molar-refractivity contribution is 0.119. The van der Waals surface area contributed by atoms with Crippen molar-refractivity contribution in [2.45, 2.75) is 6.61 Å². The second-order valence-corrected chi connectivity index (χ2v) is 2.78. The van der Waals surface area contributed by atoms with Crippen LogP contribution in [-0.2, 0) is 11.4 Å². The smallest absolute Gasteiger partial charge is 0.112 e. The van der Waals surface area contributed by atoms with Crippen molar-refractivity contribution in [1.82, 2.24) is 15.0 Å². The molecule has 0 saturated heterocycles. The van der Waals surface area contributed by atoms with Gasteiger partial charge < -0.3 is 0 Å². The van der Waals surface area contributed by atoms with E-state index < -0.39 is 0 Å². The number of para-hydroxylation sites is 1. The van der Waals surface area contributed by atoms with Crippen molar-refractivity contribution in [3.05, 3.63) is 42.2 Å². The molecule has 2 rings (SSSR count). The molecule has 0 amide bonds. The van der Waals surface area contributed by atoms with Gasteiger partial charge >= 0.3 is 0 Å². The Kier molecular flexibility index (Phi) is 2.53. The minimum atomic E-state index is 0.294. The van der Waals surface area contributed by atoms with Crippen molar-refractivity contribution >= 4 is 0 Å². The fourth-order valence-electron chi connectivity index (χ4n) is 1.23. The van der Waals surface area contributed by atoms with Gasteiger partial charge in [0.2, 0.25) is 0 Å². The second-order valence-electron chi connectivity index (χ2n) is 2.78. The van der Waals surface area contributed by atoms with Gasteiger partial charge in [-0.1, -0.05) is 23.4 Å². The van der Waals surface area contributed by atoms with E-state index in [1.165, 1.54) is 0 Å². The monoisotopic (exact) mass is 190 g/mol. The summed E-state index contributed by atoms with van der Waals surface area (Å²) in [7, 11) is 0. The number of rotatable bonds is 3. The zero-order valence-electron chi connectivity index (χ0n) is 7.50. The summed E-state index contributed by atoms with van der Waals surface area (Å²) < 4.78 is 1.69. The largest absolute Gasteiger partial charge is 0.298 e. The van der Waals surface area contributed by atoms with Crippen LogP contribution in [-0.4, -0.2) is 15.0 Å². The van der Waals surface area contributed by atoms with Crippen LogP contribution < -0.4 is 5.90 Å². The molecule has 0 aliphatic carbocycles. The fraction of sp³-hybridized carbons (Fsp3) is 0.111. The van der Waals surface area contributed by atoms with Crippen LogP contribution in [0.25, 0.3) is 5.69 Å². The van der Waals surface area contributed by atoms with Crippen LogP contribution in [0.4, 0.5) is 0 Å². The van der Waals surface area contributed by atoms with Crippen molar-refractivity contribution in [3.8, 4) is 5.69 Å². The van der Waals surface area contributed by atoms with Gasteiger partial charge in [-0.25, -0.2) is 10.6 Å². The minimum Gasteiger partial charge on any atom is -0.298 e. The molecule has 0 unspecified atom stereocenters. The third kappa shape index (κ3) is 1.63. The van der Waals surface area contributed by atoms with E-state index in [4.69, 9.17) is 5.90 Å². The standard InChI is InChI=1S/C9H10N4O/c10-14-7-9-6-11-12-13(9)8-4-2-1-3-5-8/h1-6H,7,10H2. The molecule has 72 valence electrons. The van der Waals surface area contributed by atoms with Gasteiger partial charge in [0.1, 0.15) is 6.61 Å². The lowest BCUT2D eigenvalue weighted by Gasteiger charge is -2.03. The first-order valence-corrected chi connectivity index (χ1v) is 4.18. The predicted molar refractivity (Wildman–Crippen MR) is 50.3 cm³/mol. The quantitative estimate of drug-likeness (QED) is 0.722. The van der Waals surface area contributed by atoms with Crippen molar-refractivity contribution in [3.63, 3.8) is 0 Å². The number of benzene rings is 1. The van der Waals surface area contributed by atoms with Crippen LogP contribution in [0.5, 0.6) is 0 Å². The SMILES string of the molecule is NOCc1cnnn1-c1ccccc1. The molecule has 1 aromatic carbocycles. The zero-order valence-corrected chi connectivity index (χ0v) is 7.50. The van der Waals surface area contributed by atoms with Crippen molar-refractivity contribution in [2.75, 3.05) is 0 Å². The van der Waals surface area contributed by atoms with Gasteiger partial charge in [0, 0.05) is 0 Å². The maximum absolute atomic E-state index is 5.00. The van der Waals surface area contributed by atoms with E-state index in [1.807, 2.05) is 30.3 Å². The van der Waals surface area contributed by atoms with E-state index in [1.54, 1.807) is 10.9 Å². The molecule has 0 spiro atoms. The number of hydrogen-bond donors (Lipinski definition) is 1. The molecule has 5 heteroatoms. The molecule has 2 N–H and O–H groups in total. The Morgan fingerprint density at radius 1 is 1.29 bits per heavy atom. The summed E-state index contributed by atoms with van der Waals surface area (Å²) >= 11 is 0. The Morgan fingerprint density at radius 3 is 2.79 bits per heavy atom. The van der Waals surface area contributed by atoms with Crippen LogP contribution in [0.15, 0.2) is 36.5 Å². The average Bonchev–Trinajstić information content (AvgIpc) is 2.68. The summed E-state index contributed by atoms with van der Waals surface area (Å²) in [5.41, 5.74) is 1.76. The van der Waals surface area contributed by atoms with Gasteiger partial charge in [0.15, 0.2) is 0 Å². The molecule has 1 aromatic heterocycles. The van der Waals surface area contributed by atoms with E-state index >= 15 is 0 Å². The van der Waals surface area contributed by atoms with E-state index in [2.05, 4.69) is 15.1 Å². The summed E-state index contributed by atoms with van der Waals surface area (Å²) in [5, 5.41) is 7.73. The molecule has 2 aromatic rings. The molecule has 0 radical (unpaired) electrons. The summed E-state index contributed by atoms with van der Waals surface area (Å²) in [6.45, 7) is 0.294. The highest BCUT2D eigenvalue weighted by molar-refractivity contribution is 5.31. The van der Waals surface area contributed by atoms with Gasteiger partial charge in [0.05, 0.1) is 17.6 Å². The number of nitrogens with zero attached hydrogens (tertiary/aromatic N) is 3. The molecule has 14 heavy (non-hydrogen) atoms. The third-order valence-electron chi connectivity index (χ3n) is 1.85. The van der Waals surface area contributed by atoms with Crippen molar-refractivity contribution in [2.24, 2.45) is 5.90 Å². The van der Waals surface area contributed by atoms with Crippen LogP contribution in [0.1, 0.15) is 5.69 Å². The molecule has 0 bridgehead atoms. The van der Waals surface area contributed by atoms with E-state index in [0.29, 0.717) is 6.61 Å². The normalized spacial score (nSPS) is 10.4. The second kappa shape index (κ2) is 3.99. The Morgan fingerprint density at radius 2 is 2.07 bits per heavy atom. The summed E-state index contributed by atoms with van der Waals surface area (Å²) in [6, 6.07) is 9.69. The summed E-state index contributed by atoms with van der Waals surface area (Å²) in [5.74, 6) is 5.00. The molecule has 0 saturated carbocycles. The Bertz CT molecular complexity index is 398. The summed E-state index contributed by atoms with van der Waals surface area (Å²) in [4.78, 5) is 4.55. The van der Waals surface area contributed by atoms with Crippen molar-refractivity contribution in [1.29, 1.82) is 0 Å². The maximum Gasteiger partial charge on any atom is 0.112 e. The fourth-order valence-corrected chi connectivity index (χ4v) is 1.23. The molecule has 1 heterocycles. The first-order chi connectivity index (χ1) is 6.92. The van der Waals surface area contributed by atoms with Crippen LogP contribution in [0, 0.1) is 0 Å². The molecule has 0 fully saturated rings. The Hall–Kier alpha value is -1.72. The van der Waals surface area contributed by atoms with E-state index in [-0.39, 0.29) is 0 Å². The predicted octanol–water partition coefficient (Wildman–Crippen LogP) is 0.658. The highest BCUT2D eigenvalue weighted by atomic mass is 16.6. The highest BCUT2D eigenvalue weighted by Crippen LogP contribution is 2.08. The maximum atomic E-state index is 5.00.